The van der Waals surface area contributed by atoms with Gasteiger partial charge in [0.2, 0.25) is 0 Å². The van der Waals surface area contributed by atoms with Crippen molar-refractivity contribution in [2.75, 3.05) is 12.4 Å². The van der Waals surface area contributed by atoms with Crippen LogP contribution in [0.3, 0.4) is 0 Å². The molecule has 0 aliphatic heterocycles. The Balaban J connectivity index is 2.73. The Labute approximate surface area is 130 Å². The zero-order chi connectivity index (χ0) is 16.0. The third kappa shape index (κ3) is 5.63. The van der Waals surface area contributed by atoms with Crippen LogP contribution >= 0.6 is 11.6 Å². The van der Waals surface area contributed by atoms with Crippen molar-refractivity contribution in [3.63, 3.8) is 0 Å². The highest BCUT2D eigenvalue weighted by Gasteiger charge is 2.22. The van der Waals surface area contributed by atoms with E-state index in [-0.39, 0.29) is 5.92 Å². The molecule has 0 saturated carbocycles. The Bertz CT molecular complexity index is 518. The molecule has 2 N–H and O–H groups in total. The highest BCUT2D eigenvalue weighted by Crippen LogP contribution is 2.20. The van der Waals surface area contributed by atoms with E-state index in [4.69, 9.17) is 16.3 Å². The summed E-state index contributed by atoms with van der Waals surface area (Å²) in [5.74, 6) is -0.205. The van der Waals surface area contributed by atoms with Crippen molar-refractivity contribution in [2.24, 2.45) is 5.92 Å². The number of carbonyl (C=O) groups is 2. The van der Waals surface area contributed by atoms with E-state index in [9.17, 15) is 9.59 Å². The molecule has 1 unspecified atom stereocenters. The SMILES string of the molecule is COC(=O)C(CC(C)C)NC(=O)Nc1cc(Cl)ccc1C. The molecule has 0 saturated heterocycles. The normalized spacial score (nSPS) is 11.9. The van der Waals surface area contributed by atoms with Gasteiger partial charge in [0.15, 0.2) is 0 Å². The number of urea groups is 1. The summed E-state index contributed by atoms with van der Waals surface area (Å²) in [5, 5.41) is 5.85. The first-order valence-corrected chi connectivity index (χ1v) is 7.12. The second-order valence-corrected chi connectivity index (χ2v) is 5.70. The van der Waals surface area contributed by atoms with Crippen LogP contribution in [0.5, 0.6) is 0 Å². The van der Waals surface area contributed by atoms with Crippen LogP contribution in [-0.4, -0.2) is 25.2 Å². The fourth-order valence-electron chi connectivity index (χ4n) is 1.87. The molecule has 1 aromatic carbocycles. The van der Waals surface area contributed by atoms with Crippen LogP contribution in [0.25, 0.3) is 0 Å². The van der Waals surface area contributed by atoms with E-state index in [0.717, 1.165) is 5.56 Å². The topological polar surface area (TPSA) is 67.4 Å². The van der Waals surface area contributed by atoms with Gasteiger partial charge in [-0.2, -0.15) is 0 Å². The molecule has 0 radical (unpaired) electrons. The molecule has 1 rings (SSSR count). The molecular weight excluding hydrogens is 292 g/mol. The number of hydrogen-bond acceptors (Lipinski definition) is 3. The first kappa shape index (κ1) is 17.3. The Morgan fingerprint density at radius 2 is 2.00 bits per heavy atom. The third-order valence-electron chi connectivity index (χ3n) is 2.95. The molecule has 0 spiro atoms. The number of esters is 1. The van der Waals surface area contributed by atoms with Crippen molar-refractivity contribution in [1.29, 1.82) is 0 Å². The van der Waals surface area contributed by atoms with E-state index in [0.29, 0.717) is 17.1 Å². The zero-order valence-corrected chi connectivity index (χ0v) is 13.5. The Morgan fingerprint density at radius 3 is 2.57 bits per heavy atom. The van der Waals surface area contributed by atoms with Gasteiger partial charge in [0.05, 0.1) is 7.11 Å². The minimum atomic E-state index is -0.672. The molecule has 0 heterocycles. The van der Waals surface area contributed by atoms with Crippen LogP contribution < -0.4 is 10.6 Å². The van der Waals surface area contributed by atoms with Crippen molar-refractivity contribution in [1.82, 2.24) is 5.32 Å². The van der Waals surface area contributed by atoms with E-state index in [2.05, 4.69) is 10.6 Å². The van der Waals surface area contributed by atoms with Crippen LogP contribution in [-0.2, 0) is 9.53 Å². The number of methoxy groups -OCH3 is 1. The van der Waals surface area contributed by atoms with Crippen LogP contribution in [0, 0.1) is 12.8 Å². The van der Waals surface area contributed by atoms with Gasteiger partial charge in [-0.05, 0) is 37.0 Å². The van der Waals surface area contributed by atoms with E-state index in [1.54, 1.807) is 12.1 Å². The maximum Gasteiger partial charge on any atom is 0.328 e. The fourth-order valence-corrected chi connectivity index (χ4v) is 2.05. The fraction of sp³-hybridized carbons (Fsp3) is 0.467. The van der Waals surface area contributed by atoms with Gasteiger partial charge >= 0.3 is 12.0 Å². The molecule has 0 bridgehead atoms. The Hall–Kier alpha value is -1.75. The number of nitrogens with one attached hydrogen (secondary N) is 2. The van der Waals surface area contributed by atoms with Crippen molar-refractivity contribution in [3.05, 3.63) is 28.8 Å². The Kier molecular flexibility index (Phi) is 6.49. The van der Waals surface area contributed by atoms with Gasteiger partial charge < -0.3 is 15.4 Å². The second kappa shape index (κ2) is 7.88. The lowest BCUT2D eigenvalue weighted by Gasteiger charge is -2.19. The smallest absolute Gasteiger partial charge is 0.328 e. The third-order valence-corrected chi connectivity index (χ3v) is 3.18. The number of hydrogen-bond donors (Lipinski definition) is 2. The molecule has 1 atom stereocenters. The van der Waals surface area contributed by atoms with E-state index in [1.807, 2.05) is 26.8 Å². The monoisotopic (exact) mass is 312 g/mol. The quantitative estimate of drug-likeness (QED) is 0.819. The summed E-state index contributed by atoms with van der Waals surface area (Å²) in [4.78, 5) is 23.7. The van der Waals surface area contributed by atoms with Crippen molar-refractivity contribution < 1.29 is 14.3 Å². The molecule has 6 heteroatoms. The largest absolute Gasteiger partial charge is 0.467 e. The van der Waals surface area contributed by atoms with Crippen molar-refractivity contribution >= 4 is 29.3 Å². The summed E-state index contributed by atoms with van der Waals surface area (Å²) in [6.07, 6.45) is 0.509. The molecule has 0 fully saturated rings. The van der Waals surface area contributed by atoms with Gasteiger partial charge in [-0.1, -0.05) is 31.5 Å². The number of rotatable bonds is 5. The first-order valence-electron chi connectivity index (χ1n) is 6.75. The number of benzene rings is 1. The molecule has 0 aromatic heterocycles. The Morgan fingerprint density at radius 1 is 1.33 bits per heavy atom. The summed E-state index contributed by atoms with van der Waals surface area (Å²) in [7, 11) is 1.30. The average Bonchev–Trinajstić information content (AvgIpc) is 2.40. The van der Waals surface area contributed by atoms with E-state index < -0.39 is 18.0 Å². The lowest BCUT2D eigenvalue weighted by Crippen LogP contribution is -2.44. The van der Waals surface area contributed by atoms with Crippen LogP contribution in [0.2, 0.25) is 5.02 Å². The van der Waals surface area contributed by atoms with Gasteiger partial charge in [-0.25, -0.2) is 9.59 Å². The van der Waals surface area contributed by atoms with Gasteiger partial charge in [-0.3, -0.25) is 0 Å². The minimum Gasteiger partial charge on any atom is -0.467 e. The van der Waals surface area contributed by atoms with E-state index in [1.165, 1.54) is 7.11 Å². The zero-order valence-electron chi connectivity index (χ0n) is 12.7. The molecule has 1 aromatic rings. The van der Waals surface area contributed by atoms with Crippen LogP contribution in [0.15, 0.2) is 18.2 Å². The van der Waals surface area contributed by atoms with Gasteiger partial charge in [0.1, 0.15) is 6.04 Å². The van der Waals surface area contributed by atoms with Crippen LogP contribution in [0.4, 0.5) is 10.5 Å². The molecule has 2 amide bonds. The molecule has 5 nitrogen and oxygen atoms in total. The number of carbonyl (C=O) groups excluding carboxylic acids is 2. The van der Waals surface area contributed by atoms with E-state index >= 15 is 0 Å². The average molecular weight is 313 g/mol. The number of halogens is 1. The molecule has 21 heavy (non-hydrogen) atoms. The minimum absolute atomic E-state index is 0.252. The predicted octanol–water partition coefficient (Wildman–Crippen LogP) is 3.36. The number of ether oxygens (including phenoxy) is 1. The van der Waals surface area contributed by atoms with Crippen molar-refractivity contribution in [3.8, 4) is 0 Å². The van der Waals surface area contributed by atoms with Crippen LogP contribution in [0.1, 0.15) is 25.8 Å². The summed E-state index contributed by atoms with van der Waals surface area (Å²) < 4.78 is 4.70. The van der Waals surface area contributed by atoms with Crippen molar-refractivity contribution in [2.45, 2.75) is 33.2 Å². The number of aryl methyl sites for hydroxylation is 1. The van der Waals surface area contributed by atoms with Gasteiger partial charge in [0.25, 0.3) is 0 Å². The number of anilines is 1. The molecular formula is C15H21ClN2O3. The summed E-state index contributed by atoms with van der Waals surface area (Å²) in [6, 6.07) is 4.08. The predicted molar refractivity (Wildman–Crippen MR) is 83.6 cm³/mol. The van der Waals surface area contributed by atoms with Gasteiger partial charge in [0, 0.05) is 10.7 Å². The number of amides is 2. The highest BCUT2D eigenvalue weighted by molar-refractivity contribution is 6.31. The second-order valence-electron chi connectivity index (χ2n) is 5.26. The lowest BCUT2D eigenvalue weighted by atomic mass is 10.0. The first-order chi connectivity index (χ1) is 9.83. The summed E-state index contributed by atoms with van der Waals surface area (Å²) in [5.41, 5.74) is 1.49. The highest BCUT2D eigenvalue weighted by atomic mass is 35.5. The summed E-state index contributed by atoms with van der Waals surface area (Å²) >= 11 is 5.90. The standard InChI is InChI=1S/C15H21ClN2O3/c1-9(2)7-13(14(19)21-4)18-15(20)17-12-8-11(16)6-5-10(12)3/h5-6,8-9,13H,7H2,1-4H3,(H2,17,18,20). The maximum absolute atomic E-state index is 12.0. The van der Waals surface area contributed by atoms with Gasteiger partial charge in [-0.15, -0.1) is 0 Å². The maximum atomic E-state index is 12.0. The molecule has 0 aliphatic carbocycles. The lowest BCUT2D eigenvalue weighted by molar-refractivity contribution is -0.143. The molecule has 116 valence electrons. The summed E-state index contributed by atoms with van der Waals surface area (Å²) in [6.45, 7) is 5.80. The molecule has 0 aliphatic rings.